The Balaban J connectivity index is 1.72. The van der Waals surface area contributed by atoms with E-state index in [0.29, 0.717) is 31.1 Å². The molecule has 2 aromatic rings. The Hall–Kier alpha value is -3.01. The number of carbonyl (C=O) groups excluding carboxylic acids is 1. The summed E-state index contributed by atoms with van der Waals surface area (Å²) in [5.41, 5.74) is 1.90. The Morgan fingerprint density at radius 3 is 3.12 bits per heavy atom. The number of nitriles is 1. The molecule has 1 atom stereocenters. The maximum Gasteiger partial charge on any atom is 0.269 e. The molecular weight excluding hydrogens is 306 g/mol. The molecule has 3 rings (SSSR count). The van der Waals surface area contributed by atoms with Gasteiger partial charge in [-0.15, -0.1) is 0 Å². The first-order valence-corrected chi connectivity index (χ1v) is 7.94. The van der Waals surface area contributed by atoms with Crippen molar-refractivity contribution in [2.24, 2.45) is 0 Å². The Kier molecular flexibility index (Phi) is 4.66. The Bertz CT molecular complexity index is 764. The number of rotatable bonds is 5. The Morgan fingerprint density at radius 1 is 1.54 bits per heavy atom. The van der Waals surface area contributed by atoms with Gasteiger partial charge in [-0.1, -0.05) is 12.1 Å². The minimum absolute atomic E-state index is 0.0142. The standard InChI is InChI=1S/C17H19N5O2/c1-2-24-16-6-4-3-5-13(16)14-9-15(21-20-14)17(23)19-12-7-8-22(10-12)11-18/h3-6,9,12H,2,7-8,10H2,1H3,(H,19,23)(H,20,21). The van der Waals surface area contributed by atoms with Gasteiger partial charge in [0.15, 0.2) is 6.19 Å². The first-order valence-electron chi connectivity index (χ1n) is 7.94. The van der Waals surface area contributed by atoms with Crippen LogP contribution in [0.15, 0.2) is 30.3 Å². The lowest BCUT2D eigenvalue weighted by atomic mass is 10.1. The first-order chi connectivity index (χ1) is 11.7. The van der Waals surface area contributed by atoms with E-state index in [9.17, 15) is 4.79 Å². The van der Waals surface area contributed by atoms with Gasteiger partial charge in [-0.25, -0.2) is 0 Å². The molecular formula is C17H19N5O2. The number of amides is 1. The van der Waals surface area contributed by atoms with Gasteiger partial charge >= 0.3 is 0 Å². The molecule has 1 aromatic carbocycles. The second kappa shape index (κ2) is 7.04. The topological polar surface area (TPSA) is 94.0 Å². The second-order valence-corrected chi connectivity index (χ2v) is 5.60. The Morgan fingerprint density at radius 2 is 2.38 bits per heavy atom. The molecule has 1 fully saturated rings. The van der Waals surface area contributed by atoms with Gasteiger partial charge in [0.25, 0.3) is 5.91 Å². The molecule has 7 nitrogen and oxygen atoms in total. The number of para-hydroxylation sites is 1. The minimum atomic E-state index is -0.215. The quantitative estimate of drug-likeness (QED) is 0.817. The SMILES string of the molecule is CCOc1ccccc1-c1cc(C(=O)NC2CCN(C#N)C2)[nH]n1. The van der Waals surface area contributed by atoms with Crippen LogP contribution in [0.1, 0.15) is 23.8 Å². The zero-order valence-electron chi connectivity index (χ0n) is 13.5. The third-order valence-electron chi connectivity index (χ3n) is 3.95. The lowest BCUT2D eigenvalue weighted by Gasteiger charge is -2.11. The lowest BCUT2D eigenvalue weighted by Crippen LogP contribution is -2.36. The van der Waals surface area contributed by atoms with Gasteiger partial charge in [-0.3, -0.25) is 9.89 Å². The van der Waals surface area contributed by atoms with Crippen LogP contribution in [0.3, 0.4) is 0 Å². The molecule has 24 heavy (non-hydrogen) atoms. The van der Waals surface area contributed by atoms with Crippen LogP contribution in [0.2, 0.25) is 0 Å². The molecule has 0 bridgehead atoms. The smallest absolute Gasteiger partial charge is 0.269 e. The molecule has 0 saturated carbocycles. The number of aromatic amines is 1. The molecule has 0 radical (unpaired) electrons. The number of ether oxygens (including phenoxy) is 1. The monoisotopic (exact) mass is 325 g/mol. The molecule has 0 aliphatic carbocycles. The zero-order chi connectivity index (χ0) is 16.9. The van der Waals surface area contributed by atoms with Crippen molar-refractivity contribution in [2.75, 3.05) is 19.7 Å². The van der Waals surface area contributed by atoms with Gasteiger partial charge in [0.05, 0.1) is 12.3 Å². The molecule has 1 aliphatic heterocycles. The summed E-state index contributed by atoms with van der Waals surface area (Å²) in [7, 11) is 0. The lowest BCUT2D eigenvalue weighted by molar-refractivity contribution is 0.0933. The zero-order valence-corrected chi connectivity index (χ0v) is 13.5. The van der Waals surface area contributed by atoms with Crippen LogP contribution in [0.4, 0.5) is 0 Å². The number of nitrogens with one attached hydrogen (secondary N) is 2. The maximum atomic E-state index is 12.3. The first kappa shape index (κ1) is 15.9. The highest BCUT2D eigenvalue weighted by atomic mass is 16.5. The third kappa shape index (κ3) is 3.33. The second-order valence-electron chi connectivity index (χ2n) is 5.60. The van der Waals surface area contributed by atoms with Crippen LogP contribution in [-0.2, 0) is 0 Å². The van der Waals surface area contributed by atoms with Gasteiger partial charge in [-0.2, -0.15) is 10.4 Å². The third-order valence-corrected chi connectivity index (χ3v) is 3.95. The maximum absolute atomic E-state index is 12.3. The van der Waals surface area contributed by atoms with Gasteiger partial charge < -0.3 is 15.0 Å². The molecule has 2 heterocycles. The average Bonchev–Trinajstić information content (AvgIpc) is 3.25. The number of H-pyrrole nitrogens is 1. The number of benzene rings is 1. The molecule has 1 aliphatic rings. The van der Waals surface area contributed by atoms with Crippen molar-refractivity contribution in [3.05, 3.63) is 36.0 Å². The Labute approximate surface area is 140 Å². The minimum Gasteiger partial charge on any atom is -0.493 e. The van der Waals surface area contributed by atoms with Crippen LogP contribution in [-0.4, -0.2) is 46.7 Å². The number of hydrogen-bond acceptors (Lipinski definition) is 5. The largest absolute Gasteiger partial charge is 0.493 e. The van der Waals surface area contributed by atoms with E-state index in [1.54, 1.807) is 11.0 Å². The van der Waals surface area contributed by atoms with Crippen molar-refractivity contribution in [1.29, 1.82) is 5.26 Å². The molecule has 124 valence electrons. The highest BCUT2D eigenvalue weighted by Crippen LogP contribution is 2.28. The summed E-state index contributed by atoms with van der Waals surface area (Å²) >= 11 is 0. The molecule has 7 heteroatoms. The molecule has 1 unspecified atom stereocenters. The number of nitrogens with zero attached hydrogens (tertiary/aromatic N) is 3. The molecule has 1 amide bonds. The number of aromatic nitrogens is 2. The van der Waals surface area contributed by atoms with E-state index >= 15 is 0 Å². The van der Waals surface area contributed by atoms with E-state index in [-0.39, 0.29) is 11.9 Å². The summed E-state index contributed by atoms with van der Waals surface area (Å²) < 4.78 is 5.60. The fourth-order valence-corrected chi connectivity index (χ4v) is 2.77. The van der Waals surface area contributed by atoms with E-state index in [4.69, 9.17) is 10.00 Å². The summed E-state index contributed by atoms with van der Waals surface area (Å²) in [6.07, 6.45) is 2.87. The number of likely N-dealkylation sites (tertiary alicyclic amines) is 1. The van der Waals surface area contributed by atoms with E-state index in [1.807, 2.05) is 31.2 Å². The predicted molar refractivity (Wildman–Crippen MR) is 88.2 cm³/mol. The van der Waals surface area contributed by atoms with Gasteiger partial charge in [0.1, 0.15) is 11.4 Å². The molecule has 2 N–H and O–H groups in total. The summed E-state index contributed by atoms with van der Waals surface area (Å²) in [6, 6.07) is 9.29. The van der Waals surface area contributed by atoms with E-state index in [0.717, 1.165) is 17.7 Å². The van der Waals surface area contributed by atoms with Crippen LogP contribution in [0, 0.1) is 11.5 Å². The van der Waals surface area contributed by atoms with Crippen LogP contribution >= 0.6 is 0 Å². The van der Waals surface area contributed by atoms with E-state index in [2.05, 4.69) is 21.7 Å². The van der Waals surface area contributed by atoms with Gasteiger partial charge in [0.2, 0.25) is 0 Å². The van der Waals surface area contributed by atoms with Crippen molar-refractivity contribution in [2.45, 2.75) is 19.4 Å². The number of hydrogen-bond donors (Lipinski definition) is 2. The van der Waals surface area contributed by atoms with Gasteiger partial charge in [-0.05, 0) is 31.5 Å². The fraction of sp³-hybridized carbons (Fsp3) is 0.353. The molecule has 1 aromatic heterocycles. The van der Waals surface area contributed by atoms with Crippen LogP contribution < -0.4 is 10.1 Å². The summed E-state index contributed by atoms with van der Waals surface area (Å²) in [4.78, 5) is 14.0. The van der Waals surface area contributed by atoms with Crippen LogP contribution in [0.5, 0.6) is 5.75 Å². The van der Waals surface area contributed by atoms with E-state index in [1.165, 1.54) is 0 Å². The normalized spacial score (nSPS) is 16.7. The summed E-state index contributed by atoms with van der Waals surface area (Å²) in [5.74, 6) is 0.520. The highest BCUT2D eigenvalue weighted by molar-refractivity contribution is 5.93. The molecule has 0 spiro atoms. The van der Waals surface area contributed by atoms with Crippen molar-refractivity contribution in [1.82, 2.24) is 20.4 Å². The van der Waals surface area contributed by atoms with E-state index < -0.39 is 0 Å². The molecule has 1 saturated heterocycles. The average molecular weight is 325 g/mol. The van der Waals surface area contributed by atoms with Crippen LogP contribution in [0.25, 0.3) is 11.3 Å². The van der Waals surface area contributed by atoms with Crippen molar-refractivity contribution in [3.8, 4) is 23.2 Å². The van der Waals surface area contributed by atoms with Gasteiger partial charge in [0, 0.05) is 24.7 Å². The van der Waals surface area contributed by atoms with Crippen molar-refractivity contribution in [3.63, 3.8) is 0 Å². The predicted octanol–water partition coefficient (Wildman–Crippen LogP) is 1.76. The van der Waals surface area contributed by atoms with Crippen molar-refractivity contribution >= 4 is 5.91 Å². The van der Waals surface area contributed by atoms with Crippen molar-refractivity contribution < 1.29 is 9.53 Å². The summed E-state index contributed by atoms with van der Waals surface area (Å²) in [5, 5.41) is 18.8. The highest BCUT2D eigenvalue weighted by Gasteiger charge is 2.24. The summed E-state index contributed by atoms with van der Waals surface area (Å²) in [6.45, 7) is 3.71. The number of carbonyl (C=O) groups is 1. The fourth-order valence-electron chi connectivity index (χ4n) is 2.77.